The van der Waals surface area contributed by atoms with Crippen LogP contribution in [0.1, 0.15) is 32.6 Å². The molecule has 0 aromatic rings. The van der Waals surface area contributed by atoms with Crippen molar-refractivity contribution in [2.75, 3.05) is 52.4 Å². The minimum Gasteiger partial charge on any atom is -0.309 e. The summed E-state index contributed by atoms with van der Waals surface area (Å²) in [5.41, 5.74) is 3.27. The van der Waals surface area contributed by atoms with Crippen LogP contribution in [0.25, 0.3) is 0 Å². The van der Waals surface area contributed by atoms with Crippen LogP contribution in [0.3, 0.4) is 0 Å². The van der Waals surface area contributed by atoms with Gasteiger partial charge in [0, 0.05) is 26.2 Å². The molecule has 3 aliphatic rings. The van der Waals surface area contributed by atoms with Gasteiger partial charge in [0.2, 0.25) is 0 Å². The van der Waals surface area contributed by atoms with Crippen LogP contribution in [0.2, 0.25) is 0 Å². The first-order valence-electron chi connectivity index (χ1n) is 8.14. The molecule has 0 aromatic carbocycles. The molecule has 3 rings (SSSR count). The Labute approximate surface area is 118 Å². The summed E-state index contributed by atoms with van der Waals surface area (Å²) in [6.07, 6.45) is 5.69. The molecular formula is C16H29N3. The van der Waals surface area contributed by atoms with Crippen LogP contribution in [0.15, 0.2) is 11.1 Å². The van der Waals surface area contributed by atoms with E-state index in [9.17, 15) is 0 Å². The Morgan fingerprint density at radius 1 is 1.05 bits per heavy atom. The normalized spacial score (nSPS) is 26.7. The van der Waals surface area contributed by atoms with Crippen molar-refractivity contribution in [3.8, 4) is 0 Å². The van der Waals surface area contributed by atoms with Gasteiger partial charge in [0.1, 0.15) is 0 Å². The summed E-state index contributed by atoms with van der Waals surface area (Å²) in [4.78, 5) is 5.36. The molecule has 3 nitrogen and oxygen atoms in total. The highest BCUT2D eigenvalue weighted by Crippen LogP contribution is 2.22. The molecule has 108 valence electrons. The Morgan fingerprint density at radius 3 is 2.32 bits per heavy atom. The van der Waals surface area contributed by atoms with Crippen LogP contribution in [0.4, 0.5) is 0 Å². The zero-order chi connectivity index (χ0) is 13.1. The van der Waals surface area contributed by atoms with Gasteiger partial charge in [0.15, 0.2) is 0 Å². The quantitative estimate of drug-likeness (QED) is 0.779. The molecule has 0 amide bonds. The number of hydrogen-bond acceptors (Lipinski definition) is 3. The van der Waals surface area contributed by atoms with Crippen LogP contribution in [0, 0.1) is 5.92 Å². The van der Waals surface area contributed by atoms with E-state index in [1.165, 1.54) is 65.0 Å². The van der Waals surface area contributed by atoms with Crippen molar-refractivity contribution in [2.24, 2.45) is 5.92 Å². The average Bonchev–Trinajstić information content (AvgIpc) is 2.82. The third-order valence-electron chi connectivity index (χ3n) is 5.16. The number of hydrogen-bond donors (Lipinski definition) is 1. The second-order valence-corrected chi connectivity index (χ2v) is 6.71. The minimum atomic E-state index is 0.965. The maximum absolute atomic E-state index is 3.34. The molecule has 0 radical (unpaired) electrons. The highest BCUT2D eigenvalue weighted by molar-refractivity contribution is 5.22. The SMILES string of the molecule is CC(CN1CCC(CN2CCCC2)CC1)=C1CNC1. The van der Waals surface area contributed by atoms with Crippen LogP contribution in [-0.2, 0) is 0 Å². The molecule has 3 aliphatic heterocycles. The van der Waals surface area contributed by atoms with Crippen molar-refractivity contribution in [2.45, 2.75) is 32.6 Å². The Bertz CT molecular complexity index is 317. The van der Waals surface area contributed by atoms with E-state index in [0.717, 1.165) is 19.0 Å². The van der Waals surface area contributed by atoms with Crippen LogP contribution >= 0.6 is 0 Å². The molecule has 1 N–H and O–H groups in total. The van der Waals surface area contributed by atoms with Gasteiger partial charge in [-0.1, -0.05) is 5.57 Å². The van der Waals surface area contributed by atoms with Gasteiger partial charge in [-0.2, -0.15) is 0 Å². The molecule has 0 saturated carbocycles. The molecule has 3 saturated heterocycles. The average molecular weight is 263 g/mol. The Kier molecular flexibility index (Phi) is 4.57. The first-order valence-corrected chi connectivity index (χ1v) is 8.14. The minimum absolute atomic E-state index is 0.965. The smallest absolute Gasteiger partial charge is 0.0193 e. The van der Waals surface area contributed by atoms with Gasteiger partial charge in [-0.15, -0.1) is 0 Å². The molecule has 0 unspecified atom stereocenters. The molecule has 0 aromatic heterocycles. The van der Waals surface area contributed by atoms with Crippen molar-refractivity contribution >= 4 is 0 Å². The molecule has 0 atom stereocenters. The second kappa shape index (κ2) is 6.38. The van der Waals surface area contributed by atoms with Gasteiger partial charge in [-0.25, -0.2) is 0 Å². The standard InChI is InChI=1S/C16H29N3/c1-14(16-10-17-11-16)12-19-8-4-15(5-9-19)13-18-6-2-3-7-18/h15,17H,2-13H2,1H3. The third kappa shape index (κ3) is 3.59. The molecule has 0 spiro atoms. The van der Waals surface area contributed by atoms with E-state index in [-0.39, 0.29) is 0 Å². The lowest BCUT2D eigenvalue weighted by atomic mass is 9.95. The molecule has 0 bridgehead atoms. The lowest BCUT2D eigenvalue weighted by Gasteiger charge is -2.35. The van der Waals surface area contributed by atoms with Gasteiger partial charge in [0.25, 0.3) is 0 Å². The molecule has 3 fully saturated rings. The van der Waals surface area contributed by atoms with Crippen LogP contribution in [-0.4, -0.2) is 62.2 Å². The summed E-state index contributed by atoms with van der Waals surface area (Å²) in [5, 5.41) is 3.34. The van der Waals surface area contributed by atoms with E-state index >= 15 is 0 Å². The van der Waals surface area contributed by atoms with Crippen molar-refractivity contribution < 1.29 is 0 Å². The Morgan fingerprint density at radius 2 is 1.74 bits per heavy atom. The monoisotopic (exact) mass is 263 g/mol. The van der Waals surface area contributed by atoms with Crippen molar-refractivity contribution in [1.82, 2.24) is 15.1 Å². The number of nitrogens with zero attached hydrogens (tertiary/aromatic N) is 2. The van der Waals surface area contributed by atoms with Gasteiger partial charge in [-0.05, 0) is 70.3 Å². The maximum Gasteiger partial charge on any atom is 0.0193 e. The van der Waals surface area contributed by atoms with E-state index in [1.807, 2.05) is 0 Å². The summed E-state index contributed by atoms with van der Waals surface area (Å²) in [6, 6.07) is 0. The fourth-order valence-corrected chi connectivity index (χ4v) is 3.66. The molecule has 19 heavy (non-hydrogen) atoms. The first kappa shape index (κ1) is 13.6. The highest BCUT2D eigenvalue weighted by atomic mass is 15.2. The highest BCUT2D eigenvalue weighted by Gasteiger charge is 2.23. The van der Waals surface area contributed by atoms with Crippen LogP contribution < -0.4 is 5.32 Å². The van der Waals surface area contributed by atoms with E-state index in [4.69, 9.17) is 0 Å². The van der Waals surface area contributed by atoms with Gasteiger partial charge in [-0.3, -0.25) is 4.90 Å². The summed E-state index contributed by atoms with van der Waals surface area (Å²) in [7, 11) is 0. The Hall–Kier alpha value is -0.380. The van der Waals surface area contributed by atoms with E-state index in [0.29, 0.717) is 0 Å². The predicted octanol–water partition coefficient (Wildman–Crippen LogP) is 1.71. The number of rotatable bonds is 4. The lowest BCUT2D eigenvalue weighted by molar-refractivity contribution is 0.162. The fourth-order valence-electron chi connectivity index (χ4n) is 3.66. The van der Waals surface area contributed by atoms with Crippen molar-refractivity contribution in [3.05, 3.63) is 11.1 Å². The fraction of sp³-hybridized carbons (Fsp3) is 0.875. The van der Waals surface area contributed by atoms with Crippen molar-refractivity contribution in [1.29, 1.82) is 0 Å². The summed E-state index contributed by atoms with van der Waals surface area (Å²) in [6.45, 7) is 12.5. The largest absolute Gasteiger partial charge is 0.309 e. The predicted molar refractivity (Wildman–Crippen MR) is 80.4 cm³/mol. The summed E-state index contributed by atoms with van der Waals surface area (Å²) in [5.74, 6) is 0.965. The van der Waals surface area contributed by atoms with E-state index in [2.05, 4.69) is 22.0 Å². The van der Waals surface area contributed by atoms with Gasteiger partial charge in [0.05, 0.1) is 0 Å². The number of likely N-dealkylation sites (tertiary alicyclic amines) is 2. The Balaban J connectivity index is 1.39. The maximum atomic E-state index is 3.34. The zero-order valence-corrected chi connectivity index (χ0v) is 12.5. The summed E-state index contributed by atoms with van der Waals surface area (Å²) >= 11 is 0. The zero-order valence-electron chi connectivity index (χ0n) is 12.5. The number of nitrogens with one attached hydrogen (secondary N) is 1. The van der Waals surface area contributed by atoms with Crippen LogP contribution in [0.5, 0.6) is 0 Å². The van der Waals surface area contributed by atoms with Crippen molar-refractivity contribution in [3.63, 3.8) is 0 Å². The van der Waals surface area contributed by atoms with E-state index < -0.39 is 0 Å². The van der Waals surface area contributed by atoms with Gasteiger partial charge >= 0.3 is 0 Å². The molecule has 3 heterocycles. The molecule has 0 aliphatic carbocycles. The molecule has 3 heteroatoms. The second-order valence-electron chi connectivity index (χ2n) is 6.71. The topological polar surface area (TPSA) is 18.5 Å². The first-order chi connectivity index (χ1) is 9.31. The molecular weight excluding hydrogens is 234 g/mol. The summed E-state index contributed by atoms with van der Waals surface area (Å²) < 4.78 is 0. The number of piperidine rings is 1. The third-order valence-corrected chi connectivity index (χ3v) is 5.16. The van der Waals surface area contributed by atoms with E-state index in [1.54, 1.807) is 11.1 Å². The lowest BCUT2D eigenvalue weighted by Crippen LogP contribution is -2.40. The van der Waals surface area contributed by atoms with Gasteiger partial charge < -0.3 is 10.2 Å².